The number of nitrogens with zero attached hydrogens (tertiary/aromatic N) is 2. The van der Waals surface area contributed by atoms with Gasteiger partial charge < -0.3 is 4.98 Å². The lowest BCUT2D eigenvalue weighted by atomic mass is 10.0. The van der Waals surface area contributed by atoms with E-state index in [0.717, 1.165) is 35.8 Å². The predicted molar refractivity (Wildman–Crippen MR) is 107 cm³/mol. The Morgan fingerprint density at radius 1 is 1.26 bits per heavy atom. The van der Waals surface area contributed by atoms with Gasteiger partial charge in [0.25, 0.3) is 0 Å². The topological polar surface area (TPSA) is 91.5 Å². The molecule has 27 heavy (non-hydrogen) atoms. The van der Waals surface area contributed by atoms with Crippen LogP contribution in [0, 0.1) is 19.8 Å². The number of H-pyrrole nitrogens is 2. The van der Waals surface area contributed by atoms with Crippen molar-refractivity contribution in [3.63, 3.8) is 0 Å². The number of aromatic amines is 2. The first-order valence-corrected chi connectivity index (χ1v) is 10.6. The van der Waals surface area contributed by atoms with Crippen LogP contribution in [0.3, 0.4) is 0 Å². The number of nitrogens with one attached hydrogen (secondary N) is 2. The van der Waals surface area contributed by atoms with Crippen molar-refractivity contribution in [2.75, 3.05) is 0 Å². The van der Waals surface area contributed by atoms with Crippen molar-refractivity contribution in [2.45, 2.75) is 76.6 Å². The smallest absolute Gasteiger partial charge is 0.209 e. The van der Waals surface area contributed by atoms with Crippen molar-refractivity contribution in [3.05, 3.63) is 28.3 Å². The summed E-state index contributed by atoms with van der Waals surface area (Å²) < 4.78 is 0. The quantitative estimate of drug-likeness (QED) is 0.515. The zero-order valence-corrected chi connectivity index (χ0v) is 17.3. The fourth-order valence-corrected chi connectivity index (χ4v) is 4.82. The first-order chi connectivity index (χ1) is 12.9. The van der Waals surface area contributed by atoms with Crippen LogP contribution in [0.1, 0.15) is 83.9 Å². The number of carbonyl (C=O) groups excluding carboxylic acids is 2. The molecule has 146 valence electrons. The number of rotatable bonds is 8. The number of Topliss-reactive ketones (excluding diaryl/α,β-unsaturated/α-hetero) is 2. The molecule has 0 bridgehead atoms. The lowest BCUT2D eigenvalue weighted by molar-refractivity contribution is 0.0988. The second-order valence-electron chi connectivity index (χ2n) is 7.56. The van der Waals surface area contributed by atoms with Crippen molar-refractivity contribution < 1.29 is 9.59 Å². The van der Waals surface area contributed by atoms with Gasteiger partial charge in [-0.3, -0.25) is 14.7 Å². The summed E-state index contributed by atoms with van der Waals surface area (Å²) in [6, 6.07) is 0. The van der Waals surface area contributed by atoms with Crippen molar-refractivity contribution in [1.29, 1.82) is 0 Å². The zero-order chi connectivity index (χ0) is 19.6. The molecule has 0 spiro atoms. The van der Waals surface area contributed by atoms with Crippen molar-refractivity contribution in [3.8, 4) is 0 Å². The largest absolute Gasteiger partial charge is 0.355 e. The van der Waals surface area contributed by atoms with Gasteiger partial charge in [0.2, 0.25) is 5.16 Å². The Morgan fingerprint density at radius 2 is 1.96 bits per heavy atom. The molecule has 1 fully saturated rings. The Kier molecular flexibility index (Phi) is 6.19. The number of hydrogen-bond acceptors (Lipinski definition) is 5. The molecule has 2 aromatic heterocycles. The Hall–Kier alpha value is -1.89. The zero-order valence-electron chi connectivity index (χ0n) is 16.5. The Labute approximate surface area is 164 Å². The number of ketones is 2. The van der Waals surface area contributed by atoms with Crippen molar-refractivity contribution in [2.24, 2.45) is 5.92 Å². The number of aryl methyl sites for hydroxylation is 2. The summed E-state index contributed by atoms with van der Waals surface area (Å²) in [5.41, 5.74) is 2.59. The first kappa shape index (κ1) is 19.9. The molecule has 0 aliphatic heterocycles. The van der Waals surface area contributed by atoms with Gasteiger partial charge >= 0.3 is 0 Å². The normalized spacial score (nSPS) is 16.0. The molecular weight excluding hydrogens is 360 g/mol. The molecule has 2 N–H and O–H groups in total. The van der Waals surface area contributed by atoms with E-state index in [4.69, 9.17) is 0 Å². The molecule has 0 saturated heterocycles. The number of aromatic nitrogens is 4. The van der Waals surface area contributed by atoms with Gasteiger partial charge in [-0.15, -0.1) is 5.10 Å². The average Bonchev–Trinajstić information content (AvgIpc) is 3.33. The van der Waals surface area contributed by atoms with E-state index >= 15 is 0 Å². The summed E-state index contributed by atoms with van der Waals surface area (Å²) in [7, 11) is 0. The lowest BCUT2D eigenvalue weighted by Gasteiger charge is -2.07. The summed E-state index contributed by atoms with van der Waals surface area (Å²) in [6.45, 7) is 7.02. The molecule has 1 unspecified atom stereocenters. The summed E-state index contributed by atoms with van der Waals surface area (Å²) in [5, 5.41) is 7.54. The standard InChI is InChI=1S/C20H28N4O2S/c1-11-17(13(3)25)12(2)21-18(11)19(26)14(4)27-20-22-16(23-24-20)10-9-15-7-5-6-8-15/h14-15,21H,5-10H2,1-4H3,(H,22,23,24). The number of thioether (sulfide) groups is 1. The highest BCUT2D eigenvalue weighted by Gasteiger charge is 2.25. The van der Waals surface area contributed by atoms with Crippen molar-refractivity contribution in [1.82, 2.24) is 20.2 Å². The molecule has 1 aliphatic rings. The van der Waals surface area contributed by atoms with Gasteiger partial charge in [-0.25, -0.2) is 4.98 Å². The monoisotopic (exact) mass is 388 g/mol. The Bertz CT molecular complexity index is 833. The van der Waals surface area contributed by atoms with Gasteiger partial charge in [-0.1, -0.05) is 37.4 Å². The second-order valence-corrected chi connectivity index (χ2v) is 8.87. The van der Waals surface area contributed by atoms with E-state index in [1.54, 1.807) is 0 Å². The molecule has 6 nitrogen and oxygen atoms in total. The van der Waals surface area contributed by atoms with Crippen molar-refractivity contribution >= 4 is 23.3 Å². The highest BCUT2D eigenvalue weighted by Crippen LogP contribution is 2.29. The van der Waals surface area contributed by atoms with E-state index in [2.05, 4.69) is 20.2 Å². The third kappa shape index (κ3) is 4.51. The second kappa shape index (κ2) is 8.42. The Morgan fingerprint density at radius 3 is 2.59 bits per heavy atom. The highest BCUT2D eigenvalue weighted by atomic mass is 32.2. The van der Waals surface area contributed by atoms with Gasteiger partial charge in [0.05, 0.1) is 10.9 Å². The van der Waals surface area contributed by atoms with Crippen LogP contribution < -0.4 is 0 Å². The average molecular weight is 389 g/mol. The van der Waals surface area contributed by atoms with Crippen LogP contribution in [0.4, 0.5) is 0 Å². The molecule has 0 amide bonds. The van der Waals surface area contributed by atoms with Gasteiger partial charge in [0.15, 0.2) is 11.6 Å². The number of carbonyl (C=O) groups is 2. The van der Waals surface area contributed by atoms with Gasteiger partial charge in [0.1, 0.15) is 5.82 Å². The summed E-state index contributed by atoms with van der Waals surface area (Å²) >= 11 is 1.35. The fraction of sp³-hybridized carbons (Fsp3) is 0.600. The van der Waals surface area contributed by atoms with Crippen LogP contribution in [0.15, 0.2) is 5.16 Å². The lowest BCUT2D eigenvalue weighted by Crippen LogP contribution is -2.15. The fourth-order valence-electron chi connectivity index (χ4n) is 4.02. The van der Waals surface area contributed by atoms with E-state index in [-0.39, 0.29) is 16.8 Å². The van der Waals surface area contributed by atoms with Crippen LogP contribution in [0.5, 0.6) is 0 Å². The van der Waals surface area contributed by atoms with E-state index < -0.39 is 0 Å². The first-order valence-electron chi connectivity index (χ1n) is 9.69. The van der Waals surface area contributed by atoms with Gasteiger partial charge in [-0.2, -0.15) is 0 Å². The van der Waals surface area contributed by atoms with E-state index in [1.807, 2.05) is 20.8 Å². The number of hydrogen-bond donors (Lipinski definition) is 2. The molecule has 1 aliphatic carbocycles. The molecule has 2 heterocycles. The Balaban J connectivity index is 1.61. The van der Waals surface area contributed by atoms with Crippen LogP contribution in [0.25, 0.3) is 0 Å². The van der Waals surface area contributed by atoms with E-state index in [9.17, 15) is 9.59 Å². The highest BCUT2D eigenvalue weighted by molar-refractivity contribution is 8.00. The molecule has 1 atom stereocenters. The van der Waals surface area contributed by atoms with Gasteiger partial charge in [0, 0.05) is 17.7 Å². The van der Waals surface area contributed by atoms with Crippen LogP contribution >= 0.6 is 11.8 Å². The minimum absolute atomic E-state index is 0.0264. The summed E-state index contributed by atoms with van der Waals surface area (Å²) in [5.74, 6) is 1.66. The minimum atomic E-state index is -0.333. The molecule has 1 saturated carbocycles. The summed E-state index contributed by atoms with van der Waals surface area (Å²) in [6.07, 6.45) is 7.44. The molecule has 7 heteroatoms. The van der Waals surface area contributed by atoms with E-state index in [1.165, 1.54) is 44.4 Å². The van der Waals surface area contributed by atoms with E-state index in [0.29, 0.717) is 16.4 Å². The molecule has 2 aromatic rings. The van der Waals surface area contributed by atoms with Crippen LogP contribution in [0.2, 0.25) is 0 Å². The third-order valence-corrected chi connectivity index (χ3v) is 6.42. The molecule has 0 aromatic carbocycles. The van der Waals surface area contributed by atoms with Crippen LogP contribution in [-0.4, -0.2) is 37.0 Å². The van der Waals surface area contributed by atoms with Gasteiger partial charge in [-0.05, 0) is 45.6 Å². The maximum absolute atomic E-state index is 12.8. The maximum Gasteiger partial charge on any atom is 0.209 e. The van der Waals surface area contributed by atoms with Crippen LogP contribution in [-0.2, 0) is 6.42 Å². The summed E-state index contributed by atoms with van der Waals surface area (Å²) in [4.78, 5) is 32.2. The third-order valence-electron chi connectivity index (χ3n) is 5.46. The minimum Gasteiger partial charge on any atom is -0.355 e. The molecule has 0 radical (unpaired) electrons. The molecular formula is C20H28N4O2S. The molecule has 3 rings (SSSR count). The SMILES string of the molecule is CC(=O)c1c(C)[nH]c(C(=O)C(C)Sc2n[nH]c(CCC3CCCC3)n2)c1C. The maximum atomic E-state index is 12.8. The predicted octanol–water partition coefficient (Wildman–Crippen LogP) is 4.44.